The second-order valence-corrected chi connectivity index (χ2v) is 13.5. The minimum Gasteiger partial charge on any atom is -0.494 e. The van der Waals surface area contributed by atoms with Crippen molar-refractivity contribution < 1.29 is 22.7 Å². The van der Waals surface area contributed by atoms with E-state index >= 15 is 0 Å². The Morgan fingerprint density at radius 2 is 1.60 bits per heavy atom. The zero-order valence-electron chi connectivity index (χ0n) is 24.5. The van der Waals surface area contributed by atoms with E-state index in [0.717, 1.165) is 4.31 Å². The molecule has 232 valence electrons. The number of carbonyl (C=O) groups is 2. The van der Waals surface area contributed by atoms with Gasteiger partial charge in [0.15, 0.2) is 0 Å². The van der Waals surface area contributed by atoms with Crippen molar-refractivity contribution in [3.8, 4) is 5.75 Å². The van der Waals surface area contributed by atoms with E-state index in [0.29, 0.717) is 45.3 Å². The fourth-order valence-corrected chi connectivity index (χ4v) is 6.48. The Morgan fingerprint density at radius 3 is 2.16 bits per heavy atom. The molecular weight excluding hydrogens is 677 g/mol. The van der Waals surface area contributed by atoms with Crippen LogP contribution in [0.1, 0.15) is 46.1 Å². The van der Waals surface area contributed by atoms with E-state index < -0.39 is 28.5 Å². The zero-order chi connectivity index (χ0) is 31.7. The lowest BCUT2D eigenvalue weighted by Crippen LogP contribution is -2.53. The molecule has 1 N–H and O–H groups in total. The van der Waals surface area contributed by atoms with E-state index in [9.17, 15) is 18.0 Å². The van der Waals surface area contributed by atoms with Gasteiger partial charge < -0.3 is 15.0 Å². The predicted octanol–water partition coefficient (Wildman–Crippen LogP) is 7.07. The van der Waals surface area contributed by atoms with Crippen LogP contribution in [0, 0.1) is 0 Å². The van der Waals surface area contributed by atoms with E-state index in [1.807, 2.05) is 20.8 Å². The van der Waals surface area contributed by atoms with E-state index in [1.165, 1.54) is 17.0 Å². The Bertz CT molecular complexity index is 1500. The summed E-state index contributed by atoms with van der Waals surface area (Å²) in [5.74, 6) is -0.351. The van der Waals surface area contributed by atoms with Crippen LogP contribution in [0.3, 0.4) is 0 Å². The first-order valence-corrected chi connectivity index (χ1v) is 16.9. The lowest BCUT2D eigenvalue weighted by atomic mass is 10.1. The molecule has 8 nitrogen and oxygen atoms in total. The van der Waals surface area contributed by atoms with Crippen LogP contribution >= 0.6 is 39.1 Å². The Hall–Kier alpha value is -2.79. The Morgan fingerprint density at radius 1 is 0.953 bits per heavy atom. The first kappa shape index (κ1) is 34.7. The number of sulfonamides is 1. The van der Waals surface area contributed by atoms with E-state index in [4.69, 9.17) is 27.9 Å². The highest BCUT2D eigenvalue weighted by Gasteiger charge is 2.34. The van der Waals surface area contributed by atoms with Crippen molar-refractivity contribution >= 4 is 66.7 Å². The van der Waals surface area contributed by atoms with Gasteiger partial charge in [0.1, 0.15) is 18.3 Å². The van der Waals surface area contributed by atoms with Gasteiger partial charge in [0.25, 0.3) is 10.0 Å². The second kappa shape index (κ2) is 15.8. The molecule has 0 fully saturated rings. The summed E-state index contributed by atoms with van der Waals surface area (Å²) in [5.41, 5.74) is 0.832. The summed E-state index contributed by atoms with van der Waals surface area (Å²) >= 11 is 15.9. The number of nitrogens with zero attached hydrogens (tertiary/aromatic N) is 2. The summed E-state index contributed by atoms with van der Waals surface area (Å²) < 4.78 is 35.3. The van der Waals surface area contributed by atoms with Crippen LogP contribution in [0.2, 0.25) is 10.0 Å². The Kier molecular flexibility index (Phi) is 12.7. The van der Waals surface area contributed by atoms with Crippen molar-refractivity contribution in [1.82, 2.24) is 10.2 Å². The number of halogens is 3. The molecule has 2 amide bonds. The molecule has 0 saturated heterocycles. The summed E-state index contributed by atoms with van der Waals surface area (Å²) in [5, 5.41) is 3.71. The van der Waals surface area contributed by atoms with Crippen LogP contribution in [-0.4, -0.2) is 50.4 Å². The van der Waals surface area contributed by atoms with Crippen molar-refractivity contribution in [2.75, 3.05) is 17.5 Å². The highest BCUT2D eigenvalue weighted by molar-refractivity contribution is 9.10. The molecule has 3 aromatic carbocycles. The van der Waals surface area contributed by atoms with E-state index in [-0.39, 0.29) is 29.1 Å². The summed E-state index contributed by atoms with van der Waals surface area (Å²) in [6.07, 6.45) is 0.998. The highest BCUT2D eigenvalue weighted by atomic mass is 79.9. The summed E-state index contributed by atoms with van der Waals surface area (Å²) in [7, 11) is -4.21. The number of nitrogens with one attached hydrogen (secondary N) is 1. The largest absolute Gasteiger partial charge is 0.494 e. The summed E-state index contributed by atoms with van der Waals surface area (Å²) in [4.78, 5) is 29.0. The van der Waals surface area contributed by atoms with Gasteiger partial charge in [-0.3, -0.25) is 13.9 Å². The molecule has 43 heavy (non-hydrogen) atoms. The monoisotopic (exact) mass is 711 g/mol. The van der Waals surface area contributed by atoms with Gasteiger partial charge in [-0.25, -0.2) is 8.42 Å². The fourth-order valence-electron chi connectivity index (χ4n) is 4.33. The molecule has 3 aromatic rings. The Balaban J connectivity index is 2.08. The van der Waals surface area contributed by atoms with Crippen molar-refractivity contribution in [1.29, 1.82) is 0 Å². The molecule has 0 radical (unpaired) electrons. The number of rotatable bonds is 14. The first-order chi connectivity index (χ1) is 20.4. The number of hydrogen-bond donors (Lipinski definition) is 1. The third-order valence-electron chi connectivity index (χ3n) is 6.86. The van der Waals surface area contributed by atoms with Crippen LogP contribution in [0.15, 0.2) is 76.1 Å². The van der Waals surface area contributed by atoms with Crippen LogP contribution in [0.5, 0.6) is 5.75 Å². The molecule has 0 aliphatic rings. The summed E-state index contributed by atoms with van der Waals surface area (Å²) in [6.45, 7) is 7.32. The minimum absolute atomic E-state index is 0.00577. The van der Waals surface area contributed by atoms with Gasteiger partial charge in [-0.15, -0.1) is 0 Å². The molecule has 0 aliphatic heterocycles. The predicted molar refractivity (Wildman–Crippen MR) is 175 cm³/mol. The summed E-state index contributed by atoms with van der Waals surface area (Å²) in [6, 6.07) is 16.5. The third-order valence-corrected chi connectivity index (χ3v) is 9.76. The topological polar surface area (TPSA) is 96.0 Å². The Labute approximate surface area is 272 Å². The average Bonchev–Trinajstić information content (AvgIpc) is 2.97. The lowest BCUT2D eigenvalue weighted by molar-refractivity contribution is -0.140. The number of carbonyl (C=O) groups excluding carboxylic acids is 2. The van der Waals surface area contributed by atoms with Crippen LogP contribution in [-0.2, 0) is 26.2 Å². The molecule has 0 saturated carbocycles. The van der Waals surface area contributed by atoms with Crippen LogP contribution < -0.4 is 14.4 Å². The highest BCUT2D eigenvalue weighted by Crippen LogP contribution is 2.29. The van der Waals surface area contributed by atoms with Crippen molar-refractivity contribution in [3.63, 3.8) is 0 Å². The SMILES string of the molecule is CCOc1ccc(N(CC(=O)N(Cc2ccc(Cl)cc2Cl)[C@@H](CC)C(=O)N[C@@H](C)CC)S(=O)(=O)c2ccc(Br)cc2)cc1. The first-order valence-electron chi connectivity index (χ1n) is 14.0. The van der Waals surface area contributed by atoms with Gasteiger partial charge >= 0.3 is 0 Å². The number of benzene rings is 3. The molecule has 0 unspecified atom stereocenters. The maximum absolute atomic E-state index is 14.2. The molecule has 0 aliphatic carbocycles. The second-order valence-electron chi connectivity index (χ2n) is 9.89. The number of hydrogen-bond acceptors (Lipinski definition) is 5. The van der Waals surface area contributed by atoms with Crippen molar-refractivity contribution in [2.24, 2.45) is 0 Å². The van der Waals surface area contributed by atoms with Crippen LogP contribution in [0.25, 0.3) is 0 Å². The van der Waals surface area contributed by atoms with Gasteiger partial charge in [-0.05, 0) is 92.9 Å². The van der Waals surface area contributed by atoms with Gasteiger partial charge in [-0.2, -0.15) is 0 Å². The maximum Gasteiger partial charge on any atom is 0.264 e. The molecule has 0 spiro atoms. The minimum atomic E-state index is -4.21. The smallest absolute Gasteiger partial charge is 0.264 e. The van der Waals surface area contributed by atoms with Crippen LogP contribution in [0.4, 0.5) is 5.69 Å². The van der Waals surface area contributed by atoms with E-state index in [1.54, 1.807) is 61.5 Å². The third kappa shape index (κ3) is 9.11. The fraction of sp³-hybridized carbons (Fsp3) is 0.355. The number of amides is 2. The molecule has 3 rings (SSSR count). The van der Waals surface area contributed by atoms with Gasteiger partial charge in [-0.1, -0.05) is 59.0 Å². The molecule has 0 heterocycles. The quantitative estimate of drug-likeness (QED) is 0.193. The molecule has 0 aromatic heterocycles. The number of anilines is 1. The van der Waals surface area contributed by atoms with E-state index in [2.05, 4.69) is 21.2 Å². The zero-order valence-corrected chi connectivity index (χ0v) is 28.4. The van der Waals surface area contributed by atoms with Crippen molar-refractivity contribution in [2.45, 2.75) is 64.1 Å². The lowest BCUT2D eigenvalue weighted by Gasteiger charge is -2.34. The molecular formula is C31H36BrCl2N3O5S. The number of ether oxygens (including phenoxy) is 1. The molecule has 12 heteroatoms. The van der Waals surface area contributed by atoms with Gasteiger partial charge in [0, 0.05) is 27.1 Å². The molecule has 2 atom stereocenters. The van der Waals surface area contributed by atoms with Gasteiger partial charge in [0.2, 0.25) is 11.8 Å². The van der Waals surface area contributed by atoms with Gasteiger partial charge in [0.05, 0.1) is 17.2 Å². The normalized spacial score (nSPS) is 12.7. The average molecular weight is 714 g/mol. The molecule has 0 bridgehead atoms. The maximum atomic E-state index is 14.2. The standard InChI is InChI=1S/C31H36BrCl2N3O5S/c1-5-21(4)35-31(39)29(6-2)36(19-22-8-11-24(33)18-28(22)34)30(38)20-37(25-12-14-26(15-13-25)42-7-3)43(40,41)27-16-9-23(32)10-17-27/h8-18,21,29H,5-7,19-20H2,1-4H3,(H,35,39)/t21-,29-/m0/s1. The van der Waals surface area contributed by atoms with Crippen molar-refractivity contribution in [3.05, 3.63) is 86.8 Å².